The summed E-state index contributed by atoms with van der Waals surface area (Å²) in [6.07, 6.45) is 4.33. The highest BCUT2D eigenvalue weighted by molar-refractivity contribution is 6.32. The van der Waals surface area contributed by atoms with Gasteiger partial charge in [0.05, 0.1) is 53.7 Å². The molecule has 0 saturated heterocycles. The lowest BCUT2D eigenvalue weighted by molar-refractivity contribution is -0.111. The van der Waals surface area contributed by atoms with Crippen LogP contribution in [0.4, 0.5) is 23.0 Å². The molecule has 0 radical (unpaired) electrons. The number of likely N-dealkylation sites (N-methyl/N-ethyl adjacent to an activating group) is 2. The van der Waals surface area contributed by atoms with E-state index in [4.69, 9.17) is 16.3 Å². The summed E-state index contributed by atoms with van der Waals surface area (Å²) in [6.45, 7) is 5.09. The maximum Gasteiger partial charge on any atom is 0.247 e. The van der Waals surface area contributed by atoms with Crippen molar-refractivity contribution in [3.63, 3.8) is 0 Å². The Morgan fingerprint density at radius 2 is 2.00 bits per heavy atom. The highest BCUT2D eigenvalue weighted by atomic mass is 35.5. The largest absolute Gasteiger partial charge is 0.494 e. The van der Waals surface area contributed by atoms with E-state index >= 15 is 0 Å². The average molecular weight is 546 g/mol. The van der Waals surface area contributed by atoms with Gasteiger partial charge in [-0.05, 0) is 44.4 Å². The molecule has 12 heteroatoms. The van der Waals surface area contributed by atoms with E-state index in [2.05, 4.69) is 43.2 Å². The second-order valence-corrected chi connectivity index (χ2v) is 9.33. The summed E-state index contributed by atoms with van der Waals surface area (Å²) in [6, 6.07) is 10.9. The Bertz CT molecular complexity index is 1580. The second-order valence-electron chi connectivity index (χ2n) is 8.92. The third-order valence-corrected chi connectivity index (χ3v) is 6.19. The Morgan fingerprint density at radius 1 is 1.21 bits per heavy atom. The molecular formula is C27H28ClN9O2. The summed E-state index contributed by atoms with van der Waals surface area (Å²) in [5.41, 5.74) is 3.12. The van der Waals surface area contributed by atoms with Crippen molar-refractivity contribution in [1.29, 1.82) is 5.26 Å². The second kappa shape index (κ2) is 11.8. The molecule has 39 heavy (non-hydrogen) atoms. The maximum absolute atomic E-state index is 12.2. The number of aromatic nitrogens is 4. The van der Waals surface area contributed by atoms with Crippen LogP contribution in [0, 0.1) is 11.3 Å². The Balaban J connectivity index is 1.73. The van der Waals surface area contributed by atoms with Crippen molar-refractivity contribution >= 4 is 51.4 Å². The zero-order valence-electron chi connectivity index (χ0n) is 22.1. The van der Waals surface area contributed by atoms with Gasteiger partial charge in [0.25, 0.3) is 0 Å². The number of halogens is 1. The van der Waals surface area contributed by atoms with Crippen LogP contribution < -0.4 is 20.3 Å². The monoisotopic (exact) mass is 545 g/mol. The van der Waals surface area contributed by atoms with Gasteiger partial charge in [-0.2, -0.15) is 15.3 Å². The van der Waals surface area contributed by atoms with Crippen molar-refractivity contribution in [1.82, 2.24) is 24.6 Å². The van der Waals surface area contributed by atoms with E-state index in [0.717, 1.165) is 29.7 Å². The first-order chi connectivity index (χ1) is 18.7. The molecule has 200 valence electrons. The van der Waals surface area contributed by atoms with Crippen molar-refractivity contribution in [3.05, 3.63) is 66.0 Å². The van der Waals surface area contributed by atoms with Crippen molar-refractivity contribution in [2.24, 2.45) is 0 Å². The smallest absolute Gasteiger partial charge is 0.247 e. The van der Waals surface area contributed by atoms with Gasteiger partial charge in [0, 0.05) is 31.6 Å². The molecule has 2 aromatic carbocycles. The predicted octanol–water partition coefficient (Wildman–Crippen LogP) is 4.22. The summed E-state index contributed by atoms with van der Waals surface area (Å²) >= 11 is 6.46. The van der Waals surface area contributed by atoms with Gasteiger partial charge in [0.15, 0.2) is 5.82 Å². The number of fused-ring (bicyclic) bond motifs is 1. The van der Waals surface area contributed by atoms with Crippen LogP contribution in [-0.2, 0) is 4.79 Å². The minimum absolute atomic E-state index is 0.236. The van der Waals surface area contributed by atoms with E-state index in [0.29, 0.717) is 33.5 Å². The summed E-state index contributed by atoms with van der Waals surface area (Å²) in [5.74, 6) is 0.767. The number of nitriles is 1. The summed E-state index contributed by atoms with van der Waals surface area (Å²) < 4.78 is 7.25. The van der Waals surface area contributed by atoms with Crippen molar-refractivity contribution in [2.75, 3.05) is 56.9 Å². The van der Waals surface area contributed by atoms with Crippen LogP contribution in [0.1, 0.15) is 5.56 Å². The van der Waals surface area contributed by atoms with Crippen LogP contribution in [0.2, 0.25) is 5.02 Å². The molecule has 0 aliphatic heterocycles. The Hall–Kier alpha value is -4.66. The molecule has 0 bridgehead atoms. The van der Waals surface area contributed by atoms with Gasteiger partial charge in [-0.3, -0.25) is 4.79 Å². The van der Waals surface area contributed by atoms with E-state index in [9.17, 15) is 10.1 Å². The number of nitrogens with zero attached hydrogens (tertiary/aromatic N) is 7. The molecule has 2 heterocycles. The van der Waals surface area contributed by atoms with Crippen LogP contribution in [0.3, 0.4) is 0 Å². The van der Waals surface area contributed by atoms with E-state index in [1.165, 1.54) is 12.3 Å². The number of benzene rings is 2. The molecule has 0 aliphatic carbocycles. The fraction of sp³-hybridized carbons (Fsp3) is 0.222. The third-order valence-electron chi connectivity index (χ3n) is 5.92. The highest BCUT2D eigenvalue weighted by Crippen LogP contribution is 2.38. The molecule has 11 nitrogen and oxygen atoms in total. The first-order valence-electron chi connectivity index (χ1n) is 11.9. The lowest BCUT2D eigenvalue weighted by atomic mass is 10.2. The standard InChI is InChI=1S/C27H28ClN9O2/c1-6-25(38)32-20-12-21(24(39-5)13-23(20)36(4)10-9-35(2)3)33-27-30-16-19(28)26(34-27)37-22-8-7-17(14-29)11-18(22)15-31-37/h6-8,11-13,15-16H,1,9-10H2,2-5H3,(H,32,38)(H,30,33,34). The van der Waals surface area contributed by atoms with Crippen LogP contribution in [0.15, 0.2) is 55.4 Å². The number of nitrogens with one attached hydrogen (secondary N) is 2. The fourth-order valence-corrected chi connectivity index (χ4v) is 4.04. The van der Waals surface area contributed by atoms with E-state index in [1.807, 2.05) is 32.1 Å². The van der Waals surface area contributed by atoms with Crippen molar-refractivity contribution in [2.45, 2.75) is 0 Å². The van der Waals surface area contributed by atoms with Crippen LogP contribution >= 0.6 is 11.6 Å². The summed E-state index contributed by atoms with van der Waals surface area (Å²) in [7, 11) is 7.50. The minimum atomic E-state index is -0.344. The SMILES string of the molecule is C=CC(=O)Nc1cc(Nc2ncc(Cl)c(-n3ncc4cc(C#N)ccc43)n2)c(OC)cc1N(C)CCN(C)C. The molecule has 2 aromatic heterocycles. The predicted molar refractivity (Wildman–Crippen MR) is 153 cm³/mol. The molecule has 0 aliphatic rings. The number of rotatable bonds is 10. The van der Waals surface area contributed by atoms with Crippen LogP contribution in [0.25, 0.3) is 16.7 Å². The number of carbonyl (C=O) groups excluding carboxylic acids is 1. The Labute approximate surface area is 231 Å². The van der Waals surface area contributed by atoms with Gasteiger partial charge in [-0.15, -0.1) is 0 Å². The van der Waals surface area contributed by atoms with Gasteiger partial charge >= 0.3 is 0 Å². The molecule has 1 amide bonds. The average Bonchev–Trinajstić information content (AvgIpc) is 3.35. The normalized spacial score (nSPS) is 10.8. The third kappa shape index (κ3) is 6.09. The van der Waals surface area contributed by atoms with Gasteiger partial charge in [-0.25, -0.2) is 9.67 Å². The summed E-state index contributed by atoms with van der Waals surface area (Å²) in [5, 5.41) is 20.7. The van der Waals surface area contributed by atoms with Crippen molar-refractivity contribution < 1.29 is 9.53 Å². The van der Waals surface area contributed by atoms with E-state index < -0.39 is 0 Å². The number of methoxy groups -OCH3 is 1. The highest BCUT2D eigenvalue weighted by Gasteiger charge is 2.18. The molecule has 0 fully saturated rings. The lowest BCUT2D eigenvalue weighted by Crippen LogP contribution is -2.29. The zero-order chi connectivity index (χ0) is 28.1. The number of ether oxygens (including phenoxy) is 1. The molecule has 0 atom stereocenters. The van der Waals surface area contributed by atoms with Crippen LogP contribution in [0.5, 0.6) is 5.75 Å². The number of hydrogen-bond donors (Lipinski definition) is 2. The number of hydrogen-bond acceptors (Lipinski definition) is 9. The fourth-order valence-electron chi connectivity index (χ4n) is 3.86. The molecule has 0 saturated carbocycles. The van der Waals surface area contributed by atoms with Crippen LogP contribution in [-0.4, -0.2) is 71.9 Å². The number of anilines is 4. The first-order valence-corrected chi connectivity index (χ1v) is 12.3. The molecule has 4 rings (SSSR count). The Morgan fingerprint density at radius 3 is 2.69 bits per heavy atom. The van der Waals surface area contributed by atoms with Gasteiger partial charge in [-0.1, -0.05) is 18.2 Å². The Kier molecular flexibility index (Phi) is 8.29. The zero-order valence-corrected chi connectivity index (χ0v) is 22.8. The van der Waals surface area contributed by atoms with Crippen molar-refractivity contribution in [3.8, 4) is 17.6 Å². The van der Waals surface area contributed by atoms with Gasteiger partial charge in [0.1, 0.15) is 10.8 Å². The topological polar surface area (TPSA) is 124 Å². The quantitative estimate of drug-likeness (QED) is 0.282. The molecular weight excluding hydrogens is 518 g/mol. The first kappa shape index (κ1) is 27.4. The molecule has 0 unspecified atom stereocenters. The minimum Gasteiger partial charge on any atom is -0.494 e. The molecule has 0 spiro atoms. The molecule has 2 N–H and O–H groups in total. The molecule has 4 aromatic rings. The number of amides is 1. The van der Waals surface area contributed by atoms with E-state index in [1.54, 1.807) is 42.3 Å². The maximum atomic E-state index is 12.2. The van der Waals surface area contributed by atoms with Gasteiger partial charge in [0.2, 0.25) is 11.9 Å². The number of carbonyl (C=O) groups is 1. The van der Waals surface area contributed by atoms with E-state index in [-0.39, 0.29) is 11.9 Å². The lowest BCUT2D eigenvalue weighted by Gasteiger charge is -2.26. The summed E-state index contributed by atoms with van der Waals surface area (Å²) in [4.78, 5) is 25.3. The van der Waals surface area contributed by atoms with Gasteiger partial charge < -0.3 is 25.2 Å².